The quantitative estimate of drug-likeness (QED) is 0.355. The summed E-state index contributed by atoms with van der Waals surface area (Å²) in [4.78, 5) is 14.3. The van der Waals surface area contributed by atoms with Gasteiger partial charge in [0.15, 0.2) is 5.84 Å². The number of rotatable bonds is 4. The summed E-state index contributed by atoms with van der Waals surface area (Å²) >= 11 is 1.54. The number of nitrogens with two attached hydrogens (primary N) is 1. The Balaban J connectivity index is 2.60. The van der Waals surface area contributed by atoms with Crippen molar-refractivity contribution in [1.29, 1.82) is 0 Å². The Morgan fingerprint density at radius 2 is 2.44 bits per heavy atom. The number of carbonyl (C=O) groups is 1. The Bertz CT molecular complexity index is 375. The third kappa shape index (κ3) is 2.96. The van der Waals surface area contributed by atoms with Gasteiger partial charge in [0, 0.05) is 11.9 Å². The maximum absolute atomic E-state index is 11.8. The van der Waals surface area contributed by atoms with Crippen LogP contribution < -0.4 is 5.73 Å². The van der Waals surface area contributed by atoms with Gasteiger partial charge < -0.3 is 15.8 Å². The van der Waals surface area contributed by atoms with Gasteiger partial charge in [-0.25, -0.2) is 0 Å². The topological polar surface area (TPSA) is 78.9 Å². The second-order valence-electron chi connectivity index (χ2n) is 3.46. The van der Waals surface area contributed by atoms with Crippen molar-refractivity contribution >= 4 is 23.1 Å². The lowest BCUT2D eigenvalue weighted by Crippen LogP contribution is -2.44. The van der Waals surface area contributed by atoms with E-state index in [9.17, 15) is 4.79 Å². The van der Waals surface area contributed by atoms with Gasteiger partial charge in [0.25, 0.3) is 0 Å². The molecule has 0 radical (unpaired) electrons. The second kappa shape index (κ2) is 5.50. The van der Waals surface area contributed by atoms with Crippen molar-refractivity contribution in [2.45, 2.75) is 19.4 Å². The van der Waals surface area contributed by atoms with Crippen LogP contribution in [0.2, 0.25) is 0 Å². The molecule has 1 unspecified atom stereocenters. The van der Waals surface area contributed by atoms with Gasteiger partial charge in [0.1, 0.15) is 0 Å². The van der Waals surface area contributed by atoms with Gasteiger partial charge in [-0.3, -0.25) is 4.79 Å². The predicted molar refractivity (Wildman–Crippen MR) is 63.7 cm³/mol. The summed E-state index contributed by atoms with van der Waals surface area (Å²) in [6.07, 6.45) is 0.344. The van der Waals surface area contributed by atoms with E-state index in [1.165, 1.54) is 16.2 Å². The normalized spacial score (nSPS) is 13.5. The molecular formula is C10H15N3O2S. The maximum Gasteiger partial charge on any atom is 0.228 e. The smallest absolute Gasteiger partial charge is 0.228 e. The molecule has 1 rings (SSSR count). The minimum Gasteiger partial charge on any atom is -0.409 e. The summed E-state index contributed by atoms with van der Waals surface area (Å²) in [5, 5.41) is 13.3. The molecule has 1 heterocycles. The van der Waals surface area contributed by atoms with Crippen LogP contribution in [-0.2, 0) is 11.2 Å². The highest BCUT2D eigenvalue weighted by Gasteiger charge is 2.19. The van der Waals surface area contributed by atoms with E-state index in [2.05, 4.69) is 5.16 Å². The number of likely N-dealkylation sites (N-methyl/N-ethyl adjacent to an activating group) is 1. The molecule has 16 heavy (non-hydrogen) atoms. The number of thiophene rings is 1. The molecule has 1 amide bonds. The van der Waals surface area contributed by atoms with Crippen LogP contribution in [0.1, 0.15) is 11.8 Å². The molecule has 0 saturated heterocycles. The average molecular weight is 241 g/mol. The minimum atomic E-state index is -0.405. The van der Waals surface area contributed by atoms with Gasteiger partial charge in [-0.15, -0.1) is 11.3 Å². The maximum atomic E-state index is 11.8. The zero-order valence-electron chi connectivity index (χ0n) is 9.25. The van der Waals surface area contributed by atoms with E-state index in [4.69, 9.17) is 10.9 Å². The number of amides is 1. The number of hydrogen-bond donors (Lipinski definition) is 2. The van der Waals surface area contributed by atoms with Crippen LogP contribution in [0.15, 0.2) is 22.7 Å². The van der Waals surface area contributed by atoms with Gasteiger partial charge in [-0.05, 0) is 18.4 Å². The zero-order chi connectivity index (χ0) is 12.1. The van der Waals surface area contributed by atoms with Crippen LogP contribution in [0.4, 0.5) is 0 Å². The number of hydrogen-bond acceptors (Lipinski definition) is 4. The van der Waals surface area contributed by atoms with Gasteiger partial charge >= 0.3 is 0 Å². The van der Waals surface area contributed by atoms with Crippen molar-refractivity contribution < 1.29 is 10.0 Å². The molecular weight excluding hydrogens is 226 g/mol. The van der Waals surface area contributed by atoms with E-state index < -0.39 is 6.04 Å². The lowest BCUT2D eigenvalue weighted by Gasteiger charge is -2.23. The van der Waals surface area contributed by atoms with Gasteiger partial charge in [-0.2, -0.15) is 0 Å². The molecule has 0 aromatic carbocycles. The summed E-state index contributed by atoms with van der Waals surface area (Å²) in [5.74, 6) is -0.0245. The van der Waals surface area contributed by atoms with Crippen LogP contribution in [0.3, 0.4) is 0 Å². The van der Waals surface area contributed by atoms with Crippen LogP contribution in [0.5, 0.6) is 0 Å². The Morgan fingerprint density at radius 1 is 1.75 bits per heavy atom. The molecule has 0 aliphatic rings. The highest BCUT2D eigenvalue weighted by molar-refractivity contribution is 7.10. The van der Waals surface area contributed by atoms with Gasteiger partial charge in [0.05, 0.1) is 12.5 Å². The molecule has 0 bridgehead atoms. The Labute approximate surface area is 98.2 Å². The molecule has 0 spiro atoms. The first-order valence-electron chi connectivity index (χ1n) is 4.81. The molecule has 0 saturated carbocycles. The van der Waals surface area contributed by atoms with Crippen molar-refractivity contribution in [2.75, 3.05) is 7.05 Å². The fraction of sp³-hybridized carbons (Fsp3) is 0.400. The zero-order valence-corrected chi connectivity index (χ0v) is 10.1. The summed E-state index contributed by atoms with van der Waals surface area (Å²) < 4.78 is 0. The highest BCUT2D eigenvalue weighted by Crippen LogP contribution is 2.11. The second-order valence-corrected chi connectivity index (χ2v) is 4.49. The van der Waals surface area contributed by atoms with Gasteiger partial charge in [0.2, 0.25) is 5.91 Å². The summed E-state index contributed by atoms with van der Waals surface area (Å²) in [6, 6.07) is 3.41. The molecule has 0 fully saturated rings. The third-order valence-corrected chi connectivity index (χ3v) is 3.30. The first kappa shape index (κ1) is 12.5. The standard InChI is InChI=1S/C10H15N3O2S/c1-7(10(11)12-15)13(2)9(14)6-8-4-3-5-16-8/h3-5,7,15H,6H2,1-2H3,(H2,11,12). The Hall–Kier alpha value is -1.56. The van der Waals surface area contributed by atoms with E-state index >= 15 is 0 Å². The highest BCUT2D eigenvalue weighted by atomic mass is 32.1. The molecule has 6 heteroatoms. The van der Waals surface area contributed by atoms with Crippen LogP contribution in [0.25, 0.3) is 0 Å². The largest absolute Gasteiger partial charge is 0.409 e. The van der Waals surface area contributed by atoms with E-state index in [0.29, 0.717) is 6.42 Å². The molecule has 1 atom stereocenters. The van der Waals surface area contributed by atoms with Crippen molar-refractivity contribution in [1.82, 2.24) is 4.90 Å². The SMILES string of the molecule is CC(C(N)=NO)N(C)C(=O)Cc1cccs1. The lowest BCUT2D eigenvalue weighted by atomic mass is 10.2. The Kier molecular flexibility index (Phi) is 4.30. The van der Waals surface area contributed by atoms with E-state index in [-0.39, 0.29) is 11.7 Å². The number of amidine groups is 1. The fourth-order valence-corrected chi connectivity index (χ4v) is 1.88. The number of oxime groups is 1. The molecule has 0 aliphatic heterocycles. The van der Waals surface area contributed by atoms with Crippen molar-refractivity contribution in [3.8, 4) is 0 Å². The average Bonchev–Trinajstić information content (AvgIpc) is 2.78. The molecule has 3 N–H and O–H groups in total. The first-order chi connectivity index (χ1) is 7.56. The van der Waals surface area contributed by atoms with Crippen LogP contribution >= 0.6 is 11.3 Å². The number of carbonyl (C=O) groups excluding carboxylic acids is 1. The summed E-state index contributed by atoms with van der Waals surface area (Å²) in [5.41, 5.74) is 5.44. The molecule has 1 aromatic rings. The first-order valence-corrected chi connectivity index (χ1v) is 5.69. The summed E-state index contributed by atoms with van der Waals surface area (Å²) in [7, 11) is 1.64. The van der Waals surface area contributed by atoms with Gasteiger partial charge in [-0.1, -0.05) is 11.2 Å². The van der Waals surface area contributed by atoms with Crippen molar-refractivity contribution in [3.63, 3.8) is 0 Å². The minimum absolute atomic E-state index is 0.0297. The number of nitrogens with zero attached hydrogens (tertiary/aromatic N) is 2. The van der Waals surface area contributed by atoms with E-state index in [0.717, 1.165) is 4.88 Å². The lowest BCUT2D eigenvalue weighted by molar-refractivity contribution is -0.129. The predicted octanol–water partition coefficient (Wildman–Crippen LogP) is 0.884. The van der Waals surface area contributed by atoms with E-state index in [1.807, 2.05) is 17.5 Å². The monoisotopic (exact) mass is 241 g/mol. The Morgan fingerprint density at radius 3 is 2.94 bits per heavy atom. The molecule has 0 aliphatic carbocycles. The van der Waals surface area contributed by atoms with Crippen LogP contribution in [-0.4, -0.2) is 34.9 Å². The molecule has 5 nitrogen and oxygen atoms in total. The van der Waals surface area contributed by atoms with Crippen molar-refractivity contribution in [2.24, 2.45) is 10.9 Å². The molecule has 88 valence electrons. The molecule has 1 aromatic heterocycles. The fourth-order valence-electron chi connectivity index (χ4n) is 1.18. The van der Waals surface area contributed by atoms with E-state index in [1.54, 1.807) is 14.0 Å². The summed E-state index contributed by atoms with van der Waals surface area (Å²) in [6.45, 7) is 1.71. The third-order valence-electron chi connectivity index (χ3n) is 2.42. The van der Waals surface area contributed by atoms with Crippen LogP contribution in [0, 0.1) is 0 Å². The van der Waals surface area contributed by atoms with Crippen molar-refractivity contribution in [3.05, 3.63) is 22.4 Å².